The number of amidine groups is 1. The van der Waals surface area contributed by atoms with Gasteiger partial charge in [-0.3, -0.25) is 0 Å². The number of benzene rings is 8. The summed E-state index contributed by atoms with van der Waals surface area (Å²) >= 11 is 0. The highest BCUT2D eigenvalue weighted by Gasteiger charge is 2.16. The molecule has 0 saturated heterocycles. The Hall–Kier alpha value is -6.38. The van der Waals surface area contributed by atoms with Crippen molar-refractivity contribution in [3.05, 3.63) is 199 Å². The summed E-state index contributed by atoms with van der Waals surface area (Å²) in [7, 11) is 0. The van der Waals surface area contributed by atoms with Gasteiger partial charge in [0.25, 0.3) is 0 Å². The molecule has 0 atom stereocenters. The fraction of sp³-hybridized carbons (Fsp3) is 0.0417. The average molecular weight is 639 g/mol. The van der Waals surface area contributed by atoms with Gasteiger partial charge in [0.05, 0.1) is 11.4 Å². The molecule has 0 saturated carbocycles. The number of hydrogen-bond acceptors (Lipinski definition) is 2. The molecule has 0 radical (unpaired) electrons. The molecule has 0 fully saturated rings. The van der Waals surface area contributed by atoms with Crippen molar-refractivity contribution in [3.63, 3.8) is 0 Å². The number of fused-ring (bicyclic) bond motifs is 4. The van der Waals surface area contributed by atoms with Crippen molar-refractivity contribution in [1.82, 2.24) is 0 Å². The minimum Gasteiger partial charge on any atom is -0.232 e. The number of aliphatic imine (C=N–C) groups is 2. The molecule has 1 aliphatic rings. The number of allylic oxidation sites excluding steroid dienone is 1. The van der Waals surface area contributed by atoms with Gasteiger partial charge in [-0.1, -0.05) is 158 Å². The normalized spacial score (nSPS) is 16.5. The Kier molecular flexibility index (Phi) is 7.68. The van der Waals surface area contributed by atoms with E-state index in [0.717, 1.165) is 46.8 Å². The van der Waals surface area contributed by atoms with Crippen LogP contribution in [0, 0.1) is 0 Å². The van der Waals surface area contributed by atoms with Crippen LogP contribution in [-0.4, -0.2) is 11.5 Å². The highest BCUT2D eigenvalue weighted by atomic mass is 14.9. The van der Waals surface area contributed by atoms with Gasteiger partial charge in [0, 0.05) is 11.1 Å². The fourth-order valence-electron chi connectivity index (χ4n) is 7.18. The standard InChI is InChI=1S/C48H34N2/c1-4-13-33(14-5-1)37-23-24-39-30-40(26-25-38(39)29-37)44-31-41(32-45-42-20-11-10-15-34(42)27-28-43(44)45)47-22-12-21-46(35-16-6-2-7-17-35)49-48(50-47)36-18-8-3-9-19-36/h1-11,13-20,22-32H,12,21H2/b47-22-,49-46+,50-48-. The molecule has 8 aromatic carbocycles. The highest BCUT2D eigenvalue weighted by molar-refractivity contribution is 6.16. The van der Waals surface area contributed by atoms with Gasteiger partial charge < -0.3 is 0 Å². The van der Waals surface area contributed by atoms with Gasteiger partial charge in [0.2, 0.25) is 0 Å². The Balaban J connectivity index is 1.23. The van der Waals surface area contributed by atoms with E-state index in [1.165, 1.54) is 54.6 Å². The molecular weight excluding hydrogens is 605 g/mol. The summed E-state index contributed by atoms with van der Waals surface area (Å²) in [4.78, 5) is 10.6. The Morgan fingerprint density at radius 2 is 0.980 bits per heavy atom. The van der Waals surface area contributed by atoms with Crippen molar-refractivity contribution in [3.8, 4) is 22.3 Å². The highest BCUT2D eigenvalue weighted by Crippen LogP contribution is 2.38. The molecule has 1 heterocycles. The number of hydrogen-bond donors (Lipinski definition) is 0. The molecule has 0 aliphatic carbocycles. The lowest BCUT2D eigenvalue weighted by Gasteiger charge is -2.16. The summed E-state index contributed by atoms with van der Waals surface area (Å²) in [5.74, 6) is 0.731. The Bertz CT molecular complexity index is 2610. The lowest BCUT2D eigenvalue weighted by atomic mass is 9.90. The van der Waals surface area contributed by atoms with Crippen LogP contribution in [0.4, 0.5) is 0 Å². The second kappa shape index (κ2) is 12.9. The van der Waals surface area contributed by atoms with Gasteiger partial charge in [0.1, 0.15) is 0 Å². The number of nitrogens with zero attached hydrogens (tertiary/aromatic N) is 2. The maximum absolute atomic E-state index is 5.35. The van der Waals surface area contributed by atoms with Crippen LogP contribution in [0.2, 0.25) is 0 Å². The second-order valence-corrected chi connectivity index (χ2v) is 12.9. The first kappa shape index (κ1) is 29.7. The van der Waals surface area contributed by atoms with Gasteiger partial charge in [-0.15, -0.1) is 0 Å². The first-order valence-electron chi connectivity index (χ1n) is 17.3. The van der Waals surface area contributed by atoms with E-state index in [1.807, 2.05) is 6.07 Å². The third-order valence-corrected chi connectivity index (χ3v) is 9.74. The quantitative estimate of drug-likeness (QED) is 0.168. The summed E-state index contributed by atoms with van der Waals surface area (Å²) in [6.45, 7) is 0. The summed E-state index contributed by atoms with van der Waals surface area (Å²) in [5, 5.41) is 7.38. The van der Waals surface area contributed by atoms with Crippen molar-refractivity contribution in [2.45, 2.75) is 12.8 Å². The topological polar surface area (TPSA) is 24.7 Å². The zero-order chi connectivity index (χ0) is 33.3. The van der Waals surface area contributed by atoms with Gasteiger partial charge in [-0.2, -0.15) is 0 Å². The second-order valence-electron chi connectivity index (χ2n) is 12.9. The summed E-state index contributed by atoms with van der Waals surface area (Å²) in [6.07, 6.45) is 3.97. The predicted octanol–water partition coefficient (Wildman–Crippen LogP) is 12.6. The fourth-order valence-corrected chi connectivity index (χ4v) is 7.18. The average Bonchev–Trinajstić information content (AvgIpc) is 3.18. The molecule has 2 nitrogen and oxygen atoms in total. The third-order valence-electron chi connectivity index (χ3n) is 9.74. The molecular formula is C48H34N2. The van der Waals surface area contributed by atoms with Gasteiger partial charge >= 0.3 is 0 Å². The van der Waals surface area contributed by atoms with Crippen LogP contribution in [-0.2, 0) is 0 Å². The zero-order valence-corrected chi connectivity index (χ0v) is 27.6. The lowest BCUT2D eigenvalue weighted by molar-refractivity contribution is 1.08. The molecule has 0 spiro atoms. The monoisotopic (exact) mass is 638 g/mol. The Morgan fingerprint density at radius 3 is 1.74 bits per heavy atom. The minimum atomic E-state index is 0.731. The molecule has 0 aromatic heterocycles. The van der Waals surface area contributed by atoms with E-state index >= 15 is 0 Å². The minimum absolute atomic E-state index is 0.731. The number of rotatable bonds is 5. The van der Waals surface area contributed by atoms with Crippen molar-refractivity contribution in [2.75, 3.05) is 0 Å². The van der Waals surface area contributed by atoms with E-state index in [0.29, 0.717) is 0 Å². The van der Waals surface area contributed by atoms with Crippen LogP contribution in [0.15, 0.2) is 192 Å². The van der Waals surface area contributed by atoms with Crippen LogP contribution >= 0.6 is 0 Å². The molecule has 50 heavy (non-hydrogen) atoms. The molecule has 1 aliphatic heterocycles. The Labute approximate surface area is 292 Å². The van der Waals surface area contributed by atoms with E-state index in [2.05, 4.69) is 176 Å². The van der Waals surface area contributed by atoms with Crippen molar-refractivity contribution in [2.24, 2.45) is 9.98 Å². The van der Waals surface area contributed by atoms with Gasteiger partial charge in [-0.25, -0.2) is 9.98 Å². The van der Waals surface area contributed by atoms with E-state index < -0.39 is 0 Å². The van der Waals surface area contributed by atoms with Gasteiger partial charge in [-0.05, 0) is 97.2 Å². The molecule has 0 amide bonds. The van der Waals surface area contributed by atoms with Crippen molar-refractivity contribution < 1.29 is 0 Å². The summed E-state index contributed by atoms with van der Waals surface area (Å²) < 4.78 is 0. The van der Waals surface area contributed by atoms with Crippen LogP contribution in [0.5, 0.6) is 0 Å². The molecule has 0 unspecified atom stereocenters. The molecule has 8 aromatic rings. The maximum atomic E-state index is 5.35. The van der Waals surface area contributed by atoms with Crippen LogP contribution in [0.25, 0.3) is 60.3 Å². The van der Waals surface area contributed by atoms with Crippen LogP contribution < -0.4 is 0 Å². The van der Waals surface area contributed by atoms with Gasteiger partial charge in [0.15, 0.2) is 5.84 Å². The van der Waals surface area contributed by atoms with E-state index in [-0.39, 0.29) is 0 Å². The molecule has 236 valence electrons. The van der Waals surface area contributed by atoms with E-state index in [9.17, 15) is 0 Å². The molecule has 0 bridgehead atoms. The summed E-state index contributed by atoms with van der Waals surface area (Å²) in [5.41, 5.74) is 10.1. The molecule has 0 N–H and O–H groups in total. The van der Waals surface area contributed by atoms with Crippen molar-refractivity contribution >= 4 is 49.6 Å². The lowest BCUT2D eigenvalue weighted by Crippen LogP contribution is -2.09. The first-order chi connectivity index (χ1) is 24.8. The van der Waals surface area contributed by atoms with E-state index in [4.69, 9.17) is 9.98 Å². The third kappa shape index (κ3) is 5.71. The summed E-state index contributed by atoms with van der Waals surface area (Å²) in [6, 6.07) is 62.9. The maximum Gasteiger partial charge on any atom is 0.160 e. The van der Waals surface area contributed by atoms with Crippen LogP contribution in [0.3, 0.4) is 0 Å². The smallest absolute Gasteiger partial charge is 0.160 e. The molecule has 9 rings (SSSR count). The predicted molar refractivity (Wildman–Crippen MR) is 213 cm³/mol. The van der Waals surface area contributed by atoms with Crippen molar-refractivity contribution in [1.29, 1.82) is 0 Å². The Morgan fingerprint density at radius 1 is 0.360 bits per heavy atom. The van der Waals surface area contributed by atoms with Crippen LogP contribution in [0.1, 0.15) is 29.5 Å². The first-order valence-corrected chi connectivity index (χ1v) is 17.3. The van der Waals surface area contributed by atoms with E-state index in [1.54, 1.807) is 0 Å². The SMILES string of the molecule is C1=C(c2cc(-c3ccc4cc(-c5ccccc5)ccc4c3)c3ccc4ccccc4c3c2)/N=C(c2ccccc2)\N=C(\c2ccccc2)CC\1. The molecule has 2 heteroatoms. The zero-order valence-electron chi connectivity index (χ0n) is 27.6. The largest absolute Gasteiger partial charge is 0.232 e.